The fourth-order valence-corrected chi connectivity index (χ4v) is 2.90. The van der Waals surface area contributed by atoms with Crippen molar-refractivity contribution in [3.63, 3.8) is 0 Å². The second kappa shape index (κ2) is 4.23. The van der Waals surface area contributed by atoms with E-state index in [0.717, 1.165) is 18.8 Å². The van der Waals surface area contributed by atoms with Crippen LogP contribution < -0.4 is 5.32 Å². The van der Waals surface area contributed by atoms with E-state index in [4.69, 9.17) is 0 Å². The Hall–Kier alpha value is -0.790. The van der Waals surface area contributed by atoms with Crippen LogP contribution in [0.5, 0.6) is 0 Å². The first-order chi connectivity index (χ1) is 7.22. The summed E-state index contributed by atoms with van der Waals surface area (Å²) in [6.07, 6.45) is 3.56. The molecule has 1 fully saturated rings. The molecule has 1 amide bonds. The third-order valence-corrected chi connectivity index (χ3v) is 4.61. The summed E-state index contributed by atoms with van der Waals surface area (Å²) in [5.74, 6) is 1.32. The van der Waals surface area contributed by atoms with Gasteiger partial charge in [-0.3, -0.25) is 4.79 Å². The summed E-state index contributed by atoms with van der Waals surface area (Å²) in [6.45, 7) is 14.8. The van der Waals surface area contributed by atoms with Gasteiger partial charge in [0, 0.05) is 5.54 Å². The van der Waals surface area contributed by atoms with Gasteiger partial charge < -0.3 is 5.32 Å². The molecule has 2 nitrogen and oxygen atoms in total. The maximum Gasteiger partial charge on any atom is 0.243 e. The van der Waals surface area contributed by atoms with Crippen molar-refractivity contribution in [2.24, 2.45) is 17.3 Å². The summed E-state index contributed by atoms with van der Waals surface area (Å²) in [5.41, 5.74) is 0.0157. The van der Waals surface area contributed by atoms with Crippen molar-refractivity contribution >= 4 is 5.91 Å². The van der Waals surface area contributed by atoms with Gasteiger partial charge in [-0.2, -0.15) is 0 Å². The Labute approximate surface area is 99.5 Å². The van der Waals surface area contributed by atoms with E-state index in [1.165, 1.54) is 6.08 Å². The molecular formula is C14H25NO. The van der Waals surface area contributed by atoms with Gasteiger partial charge in [-0.05, 0) is 43.1 Å². The summed E-state index contributed by atoms with van der Waals surface area (Å²) in [5, 5.41) is 3.13. The third-order valence-electron chi connectivity index (χ3n) is 4.61. The smallest absolute Gasteiger partial charge is 0.243 e. The van der Waals surface area contributed by atoms with E-state index in [1.807, 2.05) is 0 Å². The standard InChI is InChI=1S/C14H25NO/c1-7-12(16)15-14(6)9-11(3)10(2)8-13(14,4)5/h7,10-11H,1,8-9H2,2-6H3,(H,15,16). The second-order valence-electron chi connectivity index (χ2n) is 6.27. The Balaban J connectivity index is 2.91. The highest BCUT2D eigenvalue weighted by Crippen LogP contribution is 2.48. The van der Waals surface area contributed by atoms with Crippen molar-refractivity contribution in [2.45, 2.75) is 53.0 Å². The Morgan fingerprint density at radius 3 is 2.25 bits per heavy atom. The third kappa shape index (κ3) is 2.31. The second-order valence-corrected chi connectivity index (χ2v) is 6.27. The Bertz CT molecular complexity index is 295. The highest BCUT2D eigenvalue weighted by Gasteiger charge is 2.47. The average molecular weight is 223 g/mol. The zero-order valence-electron chi connectivity index (χ0n) is 11.3. The number of carbonyl (C=O) groups is 1. The molecule has 0 spiro atoms. The molecule has 3 unspecified atom stereocenters. The van der Waals surface area contributed by atoms with Crippen molar-refractivity contribution in [1.82, 2.24) is 5.32 Å². The predicted octanol–water partition coefficient (Wildman–Crippen LogP) is 3.14. The quantitative estimate of drug-likeness (QED) is 0.716. The Morgan fingerprint density at radius 2 is 1.75 bits per heavy atom. The lowest BCUT2D eigenvalue weighted by Crippen LogP contribution is -2.59. The summed E-state index contributed by atoms with van der Waals surface area (Å²) in [6, 6.07) is 0. The molecule has 1 saturated carbocycles. The van der Waals surface area contributed by atoms with Crippen molar-refractivity contribution < 1.29 is 4.79 Å². The predicted molar refractivity (Wildman–Crippen MR) is 68.1 cm³/mol. The van der Waals surface area contributed by atoms with Crippen LogP contribution in [0.3, 0.4) is 0 Å². The maximum atomic E-state index is 11.5. The van der Waals surface area contributed by atoms with E-state index < -0.39 is 0 Å². The largest absolute Gasteiger partial charge is 0.347 e. The number of hydrogen-bond acceptors (Lipinski definition) is 1. The lowest BCUT2D eigenvalue weighted by Gasteiger charge is -2.52. The average Bonchev–Trinajstić information content (AvgIpc) is 2.14. The van der Waals surface area contributed by atoms with Gasteiger partial charge in [0.25, 0.3) is 0 Å². The lowest BCUT2D eigenvalue weighted by atomic mass is 9.58. The highest BCUT2D eigenvalue weighted by atomic mass is 16.1. The molecule has 0 heterocycles. The van der Waals surface area contributed by atoms with Crippen LogP contribution in [0.15, 0.2) is 12.7 Å². The SMILES string of the molecule is C=CC(=O)NC1(C)CC(C)C(C)CC1(C)C. The first-order valence-electron chi connectivity index (χ1n) is 6.16. The van der Waals surface area contributed by atoms with Crippen molar-refractivity contribution in [3.8, 4) is 0 Å². The topological polar surface area (TPSA) is 29.1 Å². The molecule has 1 N–H and O–H groups in total. The van der Waals surface area contributed by atoms with Crippen LogP contribution in [-0.4, -0.2) is 11.4 Å². The van der Waals surface area contributed by atoms with E-state index in [2.05, 4.69) is 46.5 Å². The summed E-state index contributed by atoms with van der Waals surface area (Å²) >= 11 is 0. The van der Waals surface area contributed by atoms with Crippen LogP contribution in [0.4, 0.5) is 0 Å². The molecule has 3 atom stereocenters. The molecule has 0 aromatic carbocycles. The first-order valence-corrected chi connectivity index (χ1v) is 6.16. The van der Waals surface area contributed by atoms with E-state index in [-0.39, 0.29) is 16.9 Å². The fraction of sp³-hybridized carbons (Fsp3) is 0.786. The van der Waals surface area contributed by atoms with Gasteiger partial charge in [-0.1, -0.05) is 34.3 Å². The van der Waals surface area contributed by atoms with Crippen LogP contribution >= 0.6 is 0 Å². The molecule has 1 aliphatic carbocycles. The lowest BCUT2D eigenvalue weighted by molar-refractivity contribution is -0.121. The van der Waals surface area contributed by atoms with Crippen LogP contribution in [0.25, 0.3) is 0 Å². The number of hydrogen-bond donors (Lipinski definition) is 1. The number of rotatable bonds is 2. The molecule has 0 aromatic heterocycles. The minimum Gasteiger partial charge on any atom is -0.347 e. The van der Waals surface area contributed by atoms with Crippen LogP contribution in [-0.2, 0) is 4.79 Å². The van der Waals surface area contributed by atoms with E-state index in [1.54, 1.807) is 0 Å². The van der Waals surface area contributed by atoms with Gasteiger partial charge >= 0.3 is 0 Å². The highest BCUT2D eigenvalue weighted by molar-refractivity contribution is 5.87. The zero-order valence-corrected chi connectivity index (χ0v) is 11.3. The Kier molecular flexibility index (Phi) is 3.51. The Morgan fingerprint density at radius 1 is 1.25 bits per heavy atom. The molecule has 1 aliphatic rings. The van der Waals surface area contributed by atoms with Crippen molar-refractivity contribution in [1.29, 1.82) is 0 Å². The normalized spacial score (nSPS) is 37.8. The number of nitrogens with one attached hydrogen (secondary N) is 1. The van der Waals surface area contributed by atoms with E-state index in [0.29, 0.717) is 5.92 Å². The monoisotopic (exact) mass is 223 g/mol. The van der Waals surface area contributed by atoms with Gasteiger partial charge in [0.15, 0.2) is 0 Å². The molecule has 2 heteroatoms. The molecule has 1 rings (SSSR count). The fourth-order valence-electron chi connectivity index (χ4n) is 2.90. The molecule has 16 heavy (non-hydrogen) atoms. The molecule has 0 radical (unpaired) electrons. The summed E-state index contributed by atoms with van der Waals surface area (Å²) < 4.78 is 0. The van der Waals surface area contributed by atoms with Crippen LogP contribution in [0.2, 0.25) is 0 Å². The summed E-state index contributed by atoms with van der Waals surface area (Å²) in [4.78, 5) is 11.5. The molecular weight excluding hydrogens is 198 g/mol. The molecule has 0 aromatic rings. The van der Waals surface area contributed by atoms with E-state index >= 15 is 0 Å². The minimum atomic E-state index is -0.121. The summed E-state index contributed by atoms with van der Waals surface area (Å²) in [7, 11) is 0. The van der Waals surface area contributed by atoms with Gasteiger partial charge in [0.2, 0.25) is 5.91 Å². The minimum absolute atomic E-state index is 0.0580. The van der Waals surface area contributed by atoms with Crippen molar-refractivity contribution in [3.05, 3.63) is 12.7 Å². The molecule has 92 valence electrons. The number of carbonyl (C=O) groups excluding carboxylic acids is 1. The van der Waals surface area contributed by atoms with Crippen LogP contribution in [0.1, 0.15) is 47.5 Å². The van der Waals surface area contributed by atoms with Crippen LogP contribution in [0, 0.1) is 17.3 Å². The molecule has 0 aliphatic heterocycles. The van der Waals surface area contributed by atoms with Crippen molar-refractivity contribution in [2.75, 3.05) is 0 Å². The molecule has 0 bridgehead atoms. The number of amides is 1. The van der Waals surface area contributed by atoms with Gasteiger partial charge in [-0.25, -0.2) is 0 Å². The van der Waals surface area contributed by atoms with Gasteiger partial charge in [0.05, 0.1) is 0 Å². The van der Waals surface area contributed by atoms with Gasteiger partial charge in [-0.15, -0.1) is 0 Å². The maximum absolute atomic E-state index is 11.5. The van der Waals surface area contributed by atoms with Gasteiger partial charge in [0.1, 0.15) is 0 Å². The zero-order chi connectivity index (χ0) is 12.6. The van der Waals surface area contributed by atoms with E-state index in [9.17, 15) is 4.79 Å². The molecule has 0 saturated heterocycles. The first kappa shape index (κ1) is 13.3.